The van der Waals surface area contributed by atoms with Gasteiger partial charge < -0.3 is 20.1 Å². The highest BCUT2D eigenvalue weighted by molar-refractivity contribution is 5.74. The van der Waals surface area contributed by atoms with E-state index in [2.05, 4.69) is 45.0 Å². The van der Waals surface area contributed by atoms with Crippen molar-refractivity contribution in [1.82, 2.24) is 30.5 Å². The number of rotatable bonds is 7. The van der Waals surface area contributed by atoms with Crippen molar-refractivity contribution < 1.29 is 14.3 Å². The smallest absolute Gasteiger partial charge is 0.315 e. The van der Waals surface area contributed by atoms with E-state index in [0.717, 1.165) is 12.2 Å². The predicted octanol–water partition coefficient (Wildman–Crippen LogP) is 0.937. The van der Waals surface area contributed by atoms with Gasteiger partial charge in [0, 0.05) is 19.6 Å². The minimum Gasteiger partial charge on any atom is -0.371 e. The van der Waals surface area contributed by atoms with Crippen LogP contribution in [0.5, 0.6) is 0 Å². The summed E-state index contributed by atoms with van der Waals surface area (Å²) in [4.78, 5) is 14.0. The number of aromatic nitrogens is 3. The normalized spacial score (nSPS) is 25.9. The quantitative estimate of drug-likeness (QED) is 0.718. The average molecular weight is 400 g/mol. The highest BCUT2D eigenvalue weighted by Crippen LogP contribution is 2.33. The molecule has 2 fully saturated rings. The average Bonchev–Trinajstić information content (AvgIpc) is 3.40. The summed E-state index contributed by atoms with van der Waals surface area (Å²) in [5, 5.41) is 14.3. The Bertz CT molecular complexity index is 814. The number of amides is 2. The van der Waals surface area contributed by atoms with Crippen molar-refractivity contribution in [3.05, 3.63) is 47.8 Å². The van der Waals surface area contributed by atoms with E-state index in [0.29, 0.717) is 26.3 Å². The van der Waals surface area contributed by atoms with E-state index in [1.165, 1.54) is 5.56 Å². The Balaban J connectivity index is 1.33. The van der Waals surface area contributed by atoms with Crippen molar-refractivity contribution >= 4 is 6.03 Å². The summed E-state index contributed by atoms with van der Waals surface area (Å²) in [6, 6.07) is 9.96. The van der Waals surface area contributed by atoms with Crippen molar-refractivity contribution in [2.45, 2.75) is 44.3 Å². The maximum atomic E-state index is 11.8. The molecule has 9 heteroatoms. The van der Waals surface area contributed by atoms with E-state index in [1.54, 1.807) is 0 Å². The summed E-state index contributed by atoms with van der Waals surface area (Å²) >= 11 is 0. The summed E-state index contributed by atoms with van der Waals surface area (Å²) in [7, 11) is 2.07. The molecule has 4 rings (SSSR count). The lowest BCUT2D eigenvalue weighted by Crippen LogP contribution is -2.48. The molecule has 29 heavy (non-hydrogen) atoms. The van der Waals surface area contributed by atoms with E-state index in [9.17, 15) is 4.79 Å². The molecule has 9 nitrogen and oxygen atoms in total. The molecule has 0 aliphatic carbocycles. The number of hydrogen-bond acceptors (Lipinski definition) is 6. The van der Waals surface area contributed by atoms with Gasteiger partial charge in [-0.25, -0.2) is 9.48 Å². The van der Waals surface area contributed by atoms with Crippen LogP contribution in [-0.2, 0) is 22.6 Å². The molecule has 0 saturated carbocycles. The Morgan fingerprint density at radius 3 is 2.79 bits per heavy atom. The topological polar surface area (TPSA) is 93.5 Å². The van der Waals surface area contributed by atoms with Gasteiger partial charge in [-0.1, -0.05) is 35.5 Å². The van der Waals surface area contributed by atoms with E-state index in [4.69, 9.17) is 9.47 Å². The molecule has 156 valence electrons. The molecule has 1 aromatic carbocycles. The molecule has 2 N–H and O–H groups in total. The fraction of sp³-hybridized carbons (Fsp3) is 0.550. The number of benzene rings is 1. The van der Waals surface area contributed by atoms with Crippen molar-refractivity contribution in [2.24, 2.45) is 0 Å². The first-order chi connectivity index (χ1) is 14.1. The number of ether oxygens (including phenoxy) is 2. The molecule has 0 unspecified atom stereocenters. The van der Waals surface area contributed by atoms with Crippen molar-refractivity contribution in [3.8, 4) is 0 Å². The van der Waals surface area contributed by atoms with Gasteiger partial charge in [0.25, 0.3) is 0 Å². The summed E-state index contributed by atoms with van der Waals surface area (Å²) in [5.74, 6) is 0. The van der Waals surface area contributed by atoms with Crippen LogP contribution >= 0.6 is 0 Å². The second-order valence-electron chi connectivity index (χ2n) is 7.62. The SMILES string of the molecule is CCNC(=O)N[C@@H]1CO[C@@H]2[C@@H]1OC[C@@H]2n1cc(CN(C)Cc2ccccc2)nn1. The first-order valence-corrected chi connectivity index (χ1v) is 10.0. The van der Waals surface area contributed by atoms with Crippen LogP contribution in [-0.4, -0.2) is 71.0 Å². The van der Waals surface area contributed by atoms with Crippen molar-refractivity contribution in [3.63, 3.8) is 0 Å². The lowest BCUT2D eigenvalue weighted by molar-refractivity contribution is 0.0622. The van der Waals surface area contributed by atoms with E-state index in [-0.39, 0.29) is 30.3 Å². The van der Waals surface area contributed by atoms with Gasteiger partial charge in [0.2, 0.25) is 0 Å². The molecule has 2 aliphatic rings. The molecule has 2 amide bonds. The van der Waals surface area contributed by atoms with Gasteiger partial charge in [0.1, 0.15) is 18.2 Å². The second-order valence-corrected chi connectivity index (χ2v) is 7.62. The van der Waals surface area contributed by atoms with Crippen LogP contribution in [0.2, 0.25) is 0 Å². The van der Waals surface area contributed by atoms with Crippen LogP contribution in [0.4, 0.5) is 4.79 Å². The van der Waals surface area contributed by atoms with Crippen LogP contribution in [0, 0.1) is 0 Å². The summed E-state index contributed by atoms with van der Waals surface area (Å²) in [6.07, 6.45) is 1.65. The third-order valence-corrected chi connectivity index (χ3v) is 5.31. The molecule has 0 radical (unpaired) electrons. The molecule has 0 spiro atoms. The lowest BCUT2D eigenvalue weighted by Gasteiger charge is -2.17. The minimum absolute atomic E-state index is 0.0401. The fourth-order valence-corrected chi connectivity index (χ4v) is 3.99. The van der Waals surface area contributed by atoms with Crippen LogP contribution in [0.25, 0.3) is 0 Å². The Morgan fingerprint density at radius 2 is 2.00 bits per heavy atom. The summed E-state index contributed by atoms with van der Waals surface area (Å²) in [6.45, 7) is 4.95. The van der Waals surface area contributed by atoms with E-state index in [1.807, 2.05) is 36.0 Å². The number of nitrogens with one attached hydrogen (secondary N) is 2. The number of nitrogens with zero attached hydrogens (tertiary/aromatic N) is 4. The minimum atomic E-state index is -0.196. The number of urea groups is 1. The predicted molar refractivity (Wildman–Crippen MR) is 106 cm³/mol. The van der Waals surface area contributed by atoms with Gasteiger partial charge in [-0.05, 0) is 19.5 Å². The van der Waals surface area contributed by atoms with Gasteiger partial charge in [-0.15, -0.1) is 5.10 Å². The summed E-state index contributed by atoms with van der Waals surface area (Å²) < 4.78 is 13.7. The van der Waals surface area contributed by atoms with Crippen LogP contribution in [0.15, 0.2) is 36.5 Å². The molecule has 4 atom stereocenters. The number of carbonyl (C=O) groups excluding carboxylic acids is 1. The third kappa shape index (κ3) is 4.58. The maximum Gasteiger partial charge on any atom is 0.315 e. The number of carbonyl (C=O) groups is 1. The second kappa shape index (κ2) is 8.89. The van der Waals surface area contributed by atoms with Gasteiger partial charge in [0.05, 0.1) is 31.1 Å². The number of fused-ring (bicyclic) bond motifs is 1. The fourth-order valence-electron chi connectivity index (χ4n) is 3.99. The molecule has 2 aliphatic heterocycles. The van der Waals surface area contributed by atoms with Crippen LogP contribution in [0.3, 0.4) is 0 Å². The van der Waals surface area contributed by atoms with Crippen molar-refractivity contribution in [2.75, 3.05) is 26.8 Å². The molecule has 1 aromatic heterocycles. The molecule has 2 saturated heterocycles. The summed E-state index contributed by atoms with van der Waals surface area (Å²) in [5.41, 5.74) is 2.17. The van der Waals surface area contributed by atoms with Crippen LogP contribution < -0.4 is 10.6 Å². The van der Waals surface area contributed by atoms with Crippen molar-refractivity contribution in [1.29, 1.82) is 0 Å². The van der Waals surface area contributed by atoms with E-state index >= 15 is 0 Å². The lowest BCUT2D eigenvalue weighted by atomic mass is 10.1. The highest BCUT2D eigenvalue weighted by Gasteiger charge is 2.49. The van der Waals surface area contributed by atoms with E-state index < -0.39 is 0 Å². The number of hydrogen-bond donors (Lipinski definition) is 2. The zero-order chi connectivity index (χ0) is 20.2. The van der Waals surface area contributed by atoms with Gasteiger partial charge >= 0.3 is 6.03 Å². The zero-order valence-corrected chi connectivity index (χ0v) is 16.8. The Hall–Kier alpha value is -2.49. The standard InChI is InChI=1S/C20H28N6O3/c1-3-21-20(27)22-16-12-28-19-17(13-29-18(16)19)26-11-15(23-24-26)10-25(2)9-14-7-5-4-6-8-14/h4-8,11,16-19H,3,9-10,12-13H2,1-2H3,(H2,21,22,27)/t16-,17+,18-,19+/m1/s1. The molecular weight excluding hydrogens is 372 g/mol. The molecular formula is C20H28N6O3. The Morgan fingerprint density at radius 1 is 1.21 bits per heavy atom. The monoisotopic (exact) mass is 400 g/mol. The Kier molecular flexibility index (Phi) is 6.08. The molecule has 0 bridgehead atoms. The maximum absolute atomic E-state index is 11.8. The molecule has 3 heterocycles. The van der Waals surface area contributed by atoms with Gasteiger partial charge in [-0.2, -0.15) is 0 Å². The third-order valence-electron chi connectivity index (χ3n) is 5.31. The zero-order valence-electron chi connectivity index (χ0n) is 16.8. The van der Waals surface area contributed by atoms with Gasteiger partial charge in [-0.3, -0.25) is 4.90 Å². The highest BCUT2D eigenvalue weighted by atomic mass is 16.6. The molecule has 2 aromatic rings. The van der Waals surface area contributed by atoms with Crippen LogP contribution in [0.1, 0.15) is 24.2 Å². The van der Waals surface area contributed by atoms with Gasteiger partial charge in [0.15, 0.2) is 0 Å². The first kappa shape index (κ1) is 19.8. The Labute approximate surface area is 170 Å². The first-order valence-electron chi connectivity index (χ1n) is 10.0. The largest absolute Gasteiger partial charge is 0.371 e.